The van der Waals surface area contributed by atoms with Crippen molar-refractivity contribution >= 4 is 10.0 Å². The van der Waals surface area contributed by atoms with Gasteiger partial charge < -0.3 is 5.73 Å². The van der Waals surface area contributed by atoms with Gasteiger partial charge in [-0.25, -0.2) is 12.8 Å². The highest BCUT2D eigenvalue weighted by Gasteiger charge is 2.31. The summed E-state index contributed by atoms with van der Waals surface area (Å²) in [5.41, 5.74) is 6.05. The van der Waals surface area contributed by atoms with Crippen molar-refractivity contribution in [2.24, 2.45) is 11.1 Å². The summed E-state index contributed by atoms with van der Waals surface area (Å²) < 4.78 is 40.7. The smallest absolute Gasteiger partial charge is 0.246 e. The van der Waals surface area contributed by atoms with Gasteiger partial charge in [0.1, 0.15) is 10.7 Å². The van der Waals surface area contributed by atoms with Gasteiger partial charge in [-0.1, -0.05) is 26.8 Å². The number of nitrogens with two attached hydrogens (primary N) is 1. The molecule has 0 bridgehead atoms. The average Bonchev–Trinajstić information content (AvgIpc) is 2.40. The molecule has 0 saturated heterocycles. The zero-order chi connectivity index (χ0) is 16.3. The van der Waals surface area contributed by atoms with Crippen molar-refractivity contribution in [2.75, 3.05) is 19.6 Å². The van der Waals surface area contributed by atoms with Gasteiger partial charge in [-0.15, -0.1) is 0 Å². The molecule has 0 aliphatic carbocycles. The van der Waals surface area contributed by atoms with Crippen LogP contribution >= 0.6 is 0 Å². The summed E-state index contributed by atoms with van der Waals surface area (Å²) in [6.45, 7) is 8.41. The van der Waals surface area contributed by atoms with Gasteiger partial charge in [0, 0.05) is 13.1 Å². The largest absolute Gasteiger partial charge is 0.330 e. The molecule has 1 rings (SSSR count). The summed E-state index contributed by atoms with van der Waals surface area (Å²) in [4.78, 5) is -0.260. The monoisotopic (exact) mass is 316 g/mol. The van der Waals surface area contributed by atoms with E-state index in [4.69, 9.17) is 5.73 Å². The molecule has 0 atom stereocenters. The van der Waals surface area contributed by atoms with Crippen LogP contribution in [0.5, 0.6) is 0 Å². The molecule has 0 aliphatic heterocycles. The van der Waals surface area contributed by atoms with Crippen molar-refractivity contribution in [2.45, 2.75) is 39.0 Å². The van der Waals surface area contributed by atoms with Gasteiger partial charge in [-0.3, -0.25) is 0 Å². The number of halogens is 1. The van der Waals surface area contributed by atoms with Gasteiger partial charge in [-0.2, -0.15) is 4.31 Å². The first-order chi connectivity index (χ1) is 9.64. The maximum Gasteiger partial charge on any atom is 0.246 e. The average molecular weight is 316 g/mol. The highest BCUT2D eigenvalue weighted by Crippen LogP contribution is 2.24. The molecule has 0 radical (unpaired) electrons. The van der Waals surface area contributed by atoms with Gasteiger partial charge in [0.15, 0.2) is 0 Å². The minimum atomic E-state index is -3.86. The molecule has 120 valence electrons. The fourth-order valence-corrected chi connectivity index (χ4v) is 3.89. The van der Waals surface area contributed by atoms with Crippen LogP contribution in [-0.4, -0.2) is 32.4 Å². The predicted molar refractivity (Wildman–Crippen MR) is 83.0 cm³/mol. The lowest BCUT2D eigenvalue weighted by molar-refractivity contribution is 0.266. The SMILES string of the molecule is CCCN(CC(C)(C)CN)S(=O)(=O)c1cc(C)ccc1F. The van der Waals surface area contributed by atoms with Crippen molar-refractivity contribution in [3.05, 3.63) is 29.6 Å². The van der Waals surface area contributed by atoms with E-state index in [0.29, 0.717) is 25.1 Å². The molecule has 1 aromatic carbocycles. The zero-order valence-electron chi connectivity index (χ0n) is 13.2. The molecule has 0 heterocycles. The number of aryl methyl sites for hydroxylation is 1. The Kier molecular flexibility index (Phi) is 5.90. The number of nitrogens with zero attached hydrogens (tertiary/aromatic N) is 1. The van der Waals surface area contributed by atoms with Gasteiger partial charge in [0.25, 0.3) is 0 Å². The summed E-state index contributed by atoms with van der Waals surface area (Å²) in [7, 11) is -3.86. The van der Waals surface area contributed by atoms with E-state index in [9.17, 15) is 12.8 Å². The summed E-state index contributed by atoms with van der Waals surface area (Å²) >= 11 is 0. The highest BCUT2D eigenvalue weighted by atomic mass is 32.2. The number of hydrogen-bond acceptors (Lipinski definition) is 3. The van der Waals surface area contributed by atoms with Gasteiger partial charge in [0.2, 0.25) is 10.0 Å². The first-order valence-corrected chi connectivity index (χ1v) is 8.54. The molecule has 2 N–H and O–H groups in total. The van der Waals surface area contributed by atoms with E-state index >= 15 is 0 Å². The van der Waals surface area contributed by atoms with Crippen LogP contribution in [-0.2, 0) is 10.0 Å². The predicted octanol–water partition coefficient (Wildman–Crippen LogP) is 2.52. The Morgan fingerprint density at radius 1 is 1.33 bits per heavy atom. The third-order valence-corrected chi connectivity index (χ3v) is 5.19. The normalized spacial score (nSPS) is 12.9. The molecule has 0 unspecified atom stereocenters. The lowest BCUT2D eigenvalue weighted by Crippen LogP contribution is -2.42. The molecular formula is C15H25FN2O2S. The van der Waals surface area contributed by atoms with E-state index < -0.39 is 15.8 Å². The van der Waals surface area contributed by atoms with Crippen LogP contribution in [0.1, 0.15) is 32.8 Å². The number of sulfonamides is 1. The summed E-state index contributed by atoms with van der Waals surface area (Å²) in [5, 5.41) is 0. The molecule has 21 heavy (non-hydrogen) atoms. The maximum absolute atomic E-state index is 14.0. The fraction of sp³-hybridized carbons (Fsp3) is 0.600. The second-order valence-corrected chi connectivity index (χ2v) is 8.05. The third kappa shape index (κ3) is 4.49. The molecular weight excluding hydrogens is 291 g/mol. The Hall–Kier alpha value is -0.980. The summed E-state index contributed by atoms with van der Waals surface area (Å²) in [6.07, 6.45) is 0.660. The topological polar surface area (TPSA) is 63.4 Å². The molecule has 6 heteroatoms. The van der Waals surface area contributed by atoms with Gasteiger partial charge in [-0.05, 0) is 43.0 Å². The van der Waals surface area contributed by atoms with E-state index in [0.717, 1.165) is 0 Å². The highest BCUT2D eigenvalue weighted by molar-refractivity contribution is 7.89. The Bertz CT molecular complexity index is 585. The third-order valence-electron chi connectivity index (χ3n) is 3.33. The van der Waals surface area contributed by atoms with Crippen LogP contribution in [0.25, 0.3) is 0 Å². The molecule has 0 saturated carbocycles. The molecule has 0 aromatic heterocycles. The van der Waals surface area contributed by atoms with Crippen LogP contribution in [0, 0.1) is 18.2 Å². The summed E-state index contributed by atoms with van der Waals surface area (Å²) in [6, 6.07) is 4.13. The van der Waals surface area contributed by atoms with Crippen LogP contribution < -0.4 is 5.73 Å². The van der Waals surface area contributed by atoms with E-state index in [2.05, 4.69) is 0 Å². The van der Waals surface area contributed by atoms with E-state index in [-0.39, 0.29) is 16.9 Å². The first kappa shape index (κ1) is 18.1. The van der Waals surface area contributed by atoms with E-state index in [1.807, 2.05) is 20.8 Å². The minimum absolute atomic E-state index is 0.260. The quantitative estimate of drug-likeness (QED) is 0.840. The van der Waals surface area contributed by atoms with Gasteiger partial charge in [0.05, 0.1) is 0 Å². The fourth-order valence-electron chi connectivity index (χ4n) is 2.02. The molecule has 0 aliphatic rings. The van der Waals surface area contributed by atoms with Crippen molar-refractivity contribution in [1.29, 1.82) is 0 Å². The van der Waals surface area contributed by atoms with Crippen LogP contribution in [0.2, 0.25) is 0 Å². The second-order valence-electron chi connectivity index (χ2n) is 6.14. The van der Waals surface area contributed by atoms with Crippen LogP contribution in [0.15, 0.2) is 23.1 Å². The Labute approximate surface area is 127 Å². The Morgan fingerprint density at radius 2 is 1.95 bits per heavy atom. The molecule has 0 spiro atoms. The van der Waals surface area contributed by atoms with Crippen molar-refractivity contribution in [3.63, 3.8) is 0 Å². The number of rotatable bonds is 7. The Balaban J connectivity index is 3.25. The lowest BCUT2D eigenvalue weighted by atomic mass is 9.94. The zero-order valence-corrected chi connectivity index (χ0v) is 14.0. The number of hydrogen-bond donors (Lipinski definition) is 1. The number of benzene rings is 1. The molecule has 4 nitrogen and oxygen atoms in total. The maximum atomic E-state index is 14.0. The summed E-state index contributed by atoms with van der Waals surface area (Å²) in [5.74, 6) is -0.716. The van der Waals surface area contributed by atoms with Crippen LogP contribution in [0.4, 0.5) is 4.39 Å². The van der Waals surface area contributed by atoms with Crippen molar-refractivity contribution in [3.8, 4) is 0 Å². The molecule has 0 fully saturated rings. The standard InChI is InChI=1S/C15H25FN2O2S/c1-5-8-18(11-15(3,4)10-17)21(19,20)14-9-12(2)6-7-13(14)16/h6-7,9H,5,8,10-11,17H2,1-4H3. The van der Waals surface area contributed by atoms with E-state index in [1.165, 1.54) is 16.4 Å². The molecule has 0 amide bonds. The first-order valence-electron chi connectivity index (χ1n) is 7.10. The van der Waals surface area contributed by atoms with Crippen LogP contribution in [0.3, 0.4) is 0 Å². The molecule has 1 aromatic rings. The van der Waals surface area contributed by atoms with Gasteiger partial charge >= 0.3 is 0 Å². The Morgan fingerprint density at radius 3 is 2.48 bits per heavy atom. The van der Waals surface area contributed by atoms with Crippen molar-refractivity contribution < 1.29 is 12.8 Å². The lowest BCUT2D eigenvalue weighted by Gasteiger charge is -2.31. The van der Waals surface area contributed by atoms with E-state index in [1.54, 1.807) is 13.0 Å². The minimum Gasteiger partial charge on any atom is -0.330 e. The second kappa shape index (κ2) is 6.85. The van der Waals surface area contributed by atoms with Crippen molar-refractivity contribution in [1.82, 2.24) is 4.31 Å².